The Labute approximate surface area is 144 Å². The van der Waals surface area contributed by atoms with Crippen molar-refractivity contribution in [3.05, 3.63) is 35.9 Å². The largest absolute Gasteiger partial charge is 0.353 e. The fraction of sp³-hybridized carbons (Fsp3) is 0.579. The summed E-state index contributed by atoms with van der Waals surface area (Å²) in [5.74, 6) is -0.0653. The van der Waals surface area contributed by atoms with Gasteiger partial charge in [0.2, 0.25) is 11.8 Å². The highest BCUT2D eigenvalue weighted by atomic mass is 16.2. The first-order chi connectivity index (χ1) is 11.6. The minimum Gasteiger partial charge on any atom is -0.353 e. The number of amides is 2. The van der Waals surface area contributed by atoms with Gasteiger partial charge in [-0.25, -0.2) is 0 Å². The maximum Gasteiger partial charge on any atom is 0.237 e. The van der Waals surface area contributed by atoms with Crippen molar-refractivity contribution < 1.29 is 9.59 Å². The molecular weight excluding hydrogens is 302 g/mol. The number of rotatable bonds is 8. The summed E-state index contributed by atoms with van der Waals surface area (Å²) >= 11 is 0. The average molecular weight is 331 g/mol. The number of benzene rings is 1. The Morgan fingerprint density at radius 1 is 1.29 bits per heavy atom. The molecule has 0 radical (unpaired) electrons. The van der Waals surface area contributed by atoms with E-state index >= 15 is 0 Å². The molecule has 1 fully saturated rings. The van der Waals surface area contributed by atoms with Crippen LogP contribution < -0.4 is 10.6 Å². The lowest BCUT2D eigenvalue weighted by Crippen LogP contribution is -2.57. The molecule has 1 heterocycles. The molecule has 0 aromatic heterocycles. The van der Waals surface area contributed by atoms with Crippen LogP contribution in [-0.2, 0) is 16.0 Å². The van der Waals surface area contributed by atoms with E-state index in [-0.39, 0.29) is 30.3 Å². The normalized spacial score (nSPS) is 18.5. The molecule has 1 aliphatic heterocycles. The molecule has 0 aliphatic carbocycles. The summed E-state index contributed by atoms with van der Waals surface area (Å²) in [4.78, 5) is 26.7. The van der Waals surface area contributed by atoms with E-state index in [0.717, 1.165) is 32.4 Å². The van der Waals surface area contributed by atoms with Crippen LogP contribution in [0.1, 0.15) is 38.7 Å². The van der Waals surface area contributed by atoms with Crippen molar-refractivity contribution in [2.75, 3.05) is 19.6 Å². The first-order valence-electron chi connectivity index (χ1n) is 8.99. The van der Waals surface area contributed by atoms with Gasteiger partial charge in [-0.1, -0.05) is 44.2 Å². The first-order valence-corrected chi connectivity index (χ1v) is 8.99. The number of hydrogen-bond acceptors (Lipinski definition) is 3. The Morgan fingerprint density at radius 2 is 2.00 bits per heavy atom. The van der Waals surface area contributed by atoms with Gasteiger partial charge in [-0.15, -0.1) is 0 Å². The van der Waals surface area contributed by atoms with Gasteiger partial charge in [0.15, 0.2) is 0 Å². The molecule has 2 amide bonds. The van der Waals surface area contributed by atoms with Gasteiger partial charge < -0.3 is 10.6 Å². The molecule has 0 unspecified atom stereocenters. The number of carbonyl (C=O) groups is 2. The average Bonchev–Trinajstić information content (AvgIpc) is 2.61. The second-order valence-corrected chi connectivity index (χ2v) is 6.36. The highest BCUT2D eigenvalue weighted by Crippen LogP contribution is 2.11. The van der Waals surface area contributed by atoms with Crippen LogP contribution in [0, 0.1) is 0 Å². The van der Waals surface area contributed by atoms with Gasteiger partial charge in [0.05, 0.1) is 12.5 Å². The second-order valence-electron chi connectivity index (χ2n) is 6.36. The molecular formula is C19H29N3O2. The number of carbonyl (C=O) groups excluding carboxylic acids is 2. The number of piperazine rings is 1. The lowest BCUT2D eigenvalue weighted by atomic mass is 10.1. The molecule has 5 nitrogen and oxygen atoms in total. The zero-order valence-corrected chi connectivity index (χ0v) is 14.8. The van der Waals surface area contributed by atoms with E-state index in [4.69, 9.17) is 0 Å². The van der Waals surface area contributed by atoms with Crippen LogP contribution in [0.5, 0.6) is 0 Å². The fourth-order valence-corrected chi connectivity index (χ4v) is 3.12. The lowest BCUT2D eigenvalue weighted by Gasteiger charge is -2.35. The van der Waals surface area contributed by atoms with E-state index in [1.165, 1.54) is 5.56 Å². The van der Waals surface area contributed by atoms with Crippen LogP contribution in [0.4, 0.5) is 0 Å². The highest BCUT2D eigenvalue weighted by molar-refractivity contribution is 5.88. The standard InChI is InChI=1S/C19H29N3O2/c1-3-16(4-2)21-18(23)14-17-19(24)20-11-13-22(17)12-10-15-8-6-5-7-9-15/h5-9,16-17H,3-4,10-14H2,1-2H3,(H,20,24)(H,21,23)/t17-/m0/s1. The van der Waals surface area contributed by atoms with Crippen LogP contribution in [-0.4, -0.2) is 48.4 Å². The summed E-state index contributed by atoms with van der Waals surface area (Å²) in [7, 11) is 0. The molecule has 1 aromatic carbocycles. The molecule has 1 aliphatic rings. The molecule has 0 spiro atoms. The summed E-state index contributed by atoms with van der Waals surface area (Å²) < 4.78 is 0. The van der Waals surface area contributed by atoms with Gasteiger partial charge in [0.1, 0.15) is 0 Å². The minimum absolute atomic E-state index is 0.0320. The summed E-state index contributed by atoms with van der Waals surface area (Å²) in [5, 5.41) is 5.92. The van der Waals surface area contributed by atoms with Gasteiger partial charge in [-0.2, -0.15) is 0 Å². The molecule has 0 bridgehead atoms. The van der Waals surface area contributed by atoms with Gasteiger partial charge in [-0.05, 0) is 24.8 Å². The van der Waals surface area contributed by atoms with E-state index in [1.807, 2.05) is 18.2 Å². The van der Waals surface area contributed by atoms with Crippen molar-refractivity contribution in [2.45, 2.75) is 51.6 Å². The van der Waals surface area contributed by atoms with Gasteiger partial charge in [-0.3, -0.25) is 14.5 Å². The van der Waals surface area contributed by atoms with Crippen LogP contribution in [0.25, 0.3) is 0 Å². The molecule has 24 heavy (non-hydrogen) atoms. The molecule has 132 valence electrons. The predicted molar refractivity (Wildman–Crippen MR) is 95.6 cm³/mol. The molecule has 0 saturated carbocycles. The highest BCUT2D eigenvalue weighted by Gasteiger charge is 2.31. The van der Waals surface area contributed by atoms with Crippen LogP contribution in [0.3, 0.4) is 0 Å². The third-order valence-corrected chi connectivity index (χ3v) is 4.70. The Balaban J connectivity index is 1.93. The first kappa shape index (κ1) is 18.5. The van der Waals surface area contributed by atoms with Crippen LogP contribution >= 0.6 is 0 Å². The van der Waals surface area contributed by atoms with Crippen molar-refractivity contribution in [3.63, 3.8) is 0 Å². The number of nitrogens with zero attached hydrogens (tertiary/aromatic N) is 1. The summed E-state index contributed by atoms with van der Waals surface area (Å²) in [5.41, 5.74) is 1.25. The molecule has 1 saturated heterocycles. The third-order valence-electron chi connectivity index (χ3n) is 4.70. The van der Waals surface area contributed by atoms with Crippen molar-refractivity contribution in [1.82, 2.24) is 15.5 Å². The predicted octanol–water partition coefficient (Wildman–Crippen LogP) is 1.72. The monoisotopic (exact) mass is 331 g/mol. The summed E-state index contributed by atoms with van der Waals surface area (Å²) in [6.07, 6.45) is 2.95. The van der Waals surface area contributed by atoms with Crippen molar-refractivity contribution >= 4 is 11.8 Å². The van der Waals surface area contributed by atoms with E-state index in [0.29, 0.717) is 6.54 Å². The van der Waals surface area contributed by atoms with E-state index in [2.05, 4.69) is 41.5 Å². The number of hydrogen-bond donors (Lipinski definition) is 2. The number of nitrogens with one attached hydrogen (secondary N) is 2. The topological polar surface area (TPSA) is 61.4 Å². The zero-order valence-electron chi connectivity index (χ0n) is 14.8. The molecule has 5 heteroatoms. The maximum absolute atomic E-state index is 12.3. The quantitative estimate of drug-likeness (QED) is 0.762. The molecule has 1 atom stereocenters. The molecule has 2 rings (SSSR count). The Kier molecular flexibility index (Phi) is 7.25. The van der Waals surface area contributed by atoms with E-state index < -0.39 is 0 Å². The van der Waals surface area contributed by atoms with Gasteiger partial charge >= 0.3 is 0 Å². The third kappa shape index (κ3) is 5.34. The smallest absolute Gasteiger partial charge is 0.237 e. The van der Waals surface area contributed by atoms with Gasteiger partial charge in [0.25, 0.3) is 0 Å². The van der Waals surface area contributed by atoms with Crippen molar-refractivity contribution in [3.8, 4) is 0 Å². The van der Waals surface area contributed by atoms with Crippen molar-refractivity contribution in [2.24, 2.45) is 0 Å². The van der Waals surface area contributed by atoms with E-state index in [1.54, 1.807) is 0 Å². The maximum atomic E-state index is 12.3. The molecule has 1 aromatic rings. The fourth-order valence-electron chi connectivity index (χ4n) is 3.12. The summed E-state index contributed by atoms with van der Waals surface area (Å²) in [6, 6.07) is 10.1. The second kappa shape index (κ2) is 9.42. The van der Waals surface area contributed by atoms with E-state index in [9.17, 15) is 9.59 Å². The van der Waals surface area contributed by atoms with Crippen molar-refractivity contribution in [1.29, 1.82) is 0 Å². The Morgan fingerprint density at radius 3 is 2.67 bits per heavy atom. The SMILES string of the molecule is CCC(CC)NC(=O)C[C@H]1C(=O)NCCN1CCc1ccccc1. The minimum atomic E-state index is -0.364. The molecule has 2 N–H and O–H groups in total. The summed E-state index contributed by atoms with van der Waals surface area (Å²) in [6.45, 7) is 6.36. The van der Waals surface area contributed by atoms with Crippen LogP contribution in [0.15, 0.2) is 30.3 Å². The Bertz CT molecular complexity index is 529. The van der Waals surface area contributed by atoms with Crippen LogP contribution in [0.2, 0.25) is 0 Å². The zero-order chi connectivity index (χ0) is 17.4. The Hall–Kier alpha value is -1.88. The van der Waals surface area contributed by atoms with Gasteiger partial charge in [0, 0.05) is 25.7 Å². The lowest BCUT2D eigenvalue weighted by molar-refractivity contribution is -0.134.